The number of aromatic nitrogens is 1. The Hall–Kier alpha value is -1.29. The van der Waals surface area contributed by atoms with E-state index in [0.29, 0.717) is 5.82 Å². The van der Waals surface area contributed by atoms with Crippen molar-refractivity contribution in [1.29, 1.82) is 0 Å². The van der Waals surface area contributed by atoms with Crippen LogP contribution >= 0.6 is 11.6 Å². The van der Waals surface area contributed by atoms with Crippen LogP contribution in [0.5, 0.6) is 0 Å². The molecule has 0 radical (unpaired) electrons. The van der Waals surface area contributed by atoms with Gasteiger partial charge in [0.1, 0.15) is 5.82 Å². The van der Waals surface area contributed by atoms with Crippen molar-refractivity contribution in [2.45, 2.75) is 19.3 Å². The normalized spacial score (nSPS) is 16.2. The van der Waals surface area contributed by atoms with E-state index in [9.17, 15) is 4.79 Å². The lowest BCUT2D eigenvalue weighted by Gasteiger charge is -2.27. The van der Waals surface area contributed by atoms with E-state index in [-0.39, 0.29) is 10.7 Å². The molecule has 0 spiro atoms. The largest absolute Gasteiger partial charge is 0.476 e. The van der Waals surface area contributed by atoms with E-state index in [4.69, 9.17) is 16.7 Å². The SMILES string of the molecule is O=C(O)c1nc(N2CCCCC2)ccc1Cl. The maximum absolute atomic E-state index is 10.9. The van der Waals surface area contributed by atoms with E-state index in [2.05, 4.69) is 9.88 Å². The molecule has 1 aromatic heterocycles. The standard InChI is InChI=1S/C11H13ClN2O2/c12-8-4-5-9(13-10(8)11(15)16)14-6-2-1-3-7-14/h4-5H,1-3,6-7H2,(H,15,16). The Labute approximate surface area is 98.9 Å². The Morgan fingerprint density at radius 2 is 2.00 bits per heavy atom. The summed E-state index contributed by atoms with van der Waals surface area (Å²) in [6.45, 7) is 1.88. The number of hydrogen-bond donors (Lipinski definition) is 1. The van der Waals surface area contributed by atoms with Gasteiger partial charge in [-0.3, -0.25) is 0 Å². The predicted octanol–water partition coefficient (Wildman–Crippen LogP) is 2.42. The number of carbonyl (C=O) groups is 1. The molecule has 2 heterocycles. The van der Waals surface area contributed by atoms with Crippen molar-refractivity contribution in [1.82, 2.24) is 4.98 Å². The molecule has 0 bridgehead atoms. The molecule has 1 fully saturated rings. The summed E-state index contributed by atoms with van der Waals surface area (Å²) in [5.41, 5.74) is -0.0651. The van der Waals surface area contributed by atoms with Gasteiger partial charge in [0, 0.05) is 13.1 Å². The van der Waals surface area contributed by atoms with Crippen LogP contribution in [0.25, 0.3) is 0 Å². The Kier molecular flexibility index (Phi) is 3.29. The van der Waals surface area contributed by atoms with Gasteiger partial charge in [-0.2, -0.15) is 0 Å². The highest BCUT2D eigenvalue weighted by atomic mass is 35.5. The lowest BCUT2D eigenvalue weighted by atomic mass is 10.1. The summed E-state index contributed by atoms with van der Waals surface area (Å²) in [6.07, 6.45) is 3.50. The summed E-state index contributed by atoms with van der Waals surface area (Å²) < 4.78 is 0. The van der Waals surface area contributed by atoms with Gasteiger partial charge < -0.3 is 10.0 Å². The van der Waals surface area contributed by atoms with Crippen molar-refractivity contribution in [2.24, 2.45) is 0 Å². The van der Waals surface area contributed by atoms with Crippen molar-refractivity contribution in [3.8, 4) is 0 Å². The number of aromatic carboxylic acids is 1. The van der Waals surface area contributed by atoms with Gasteiger partial charge in [-0.1, -0.05) is 11.6 Å². The zero-order valence-electron chi connectivity index (χ0n) is 8.82. The topological polar surface area (TPSA) is 53.4 Å². The minimum atomic E-state index is -1.08. The Balaban J connectivity index is 2.27. The van der Waals surface area contributed by atoms with Gasteiger partial charge in [-0.15, -0.1) is 0 Å². The average Bonchev–Trinajstić information content (AvgIpc) is 2.30. The fourth-order valence-corrected chi connectivity index (χ4v) is 2.07. The lowest BCUT2D eigenvalue weighted by Crippen LogP contribution is -2.30. The molecule has 0 aromatic carbocycles. The molecular weight excluding hydrogens is 228 g/mol. The first-order valence-electron chi connectivity index (χ1n) is 5.33. The smallest absolute Gasteiger partial charge is 0.356 e. The third-order valence-electron chi connectivity index (χ3n) is 2.71. The molecule has 86 valence electrons. The molecule has 1 N–H and O–H groups in total. The van der Waals surface area contributed by atoms with E-state index in [1.165, 1.54) is 6.42 Å². The summed E-state index contributed by atoms with van der Waals surface area (Å²) in [4.78, 5) is 17.1. The fraction of sp³-hybridized carbons (Fsp3) is 0.455. The molecule has 1 aromatic rings. The first kappa shape index (κ1) is 11.2. The number of carboxylic acid groups (broad SMARTS) is 1. The average molecular weight is 241 g/mol. The van der Waals surface area contributed by atoms with Gasteiger partial charge in [0.2, 0.25) is 0 Å². The van der Waals surface area contributed by atoms with Gasteiger partial charge in [0.15, 0.2) is 5.69 Å². The van der Waals surface area contributed by atoms with Crippen LogP contribution in [0.3, 0.4) is 0 Å². The van der Waals surface area contributed by atoms with Crippen molar-refractivity contribution >= 4 is 23.4 Å². The number of piperidine rings is 1. The second kappa shape index (κ2) is 4.70. The Bertz CT molecular complexity index is 403. The number of hydrogen-bond acceptors (Lipinski definition) is 3. The maximum atomic E-state index is 10.9. The summed E-state index contributed by atoms with van der Waals surface area (Å²) >= 11 is 5.77. The van der Waals surface area contributed by atoms with E-state index >= 15 is 0 Å². The van der Waals surface area contributed by atoms with Crippen LogP contribution in [0.1, 0.15) is 29.8 Å². The second-order valence-electron chi connectivity index (χ2n) is 3.85. The molecule has 4 nitrogen and oxygen atoms in total. The zero-order valence-corrected chi connectivity index (χ0v) is 9.57. The van der Waals surface area contributed by atoms with Crippen LogP contribution < -0.4 is 4.90 Å². The molecular formula is C11H13ClN2O2. The van der Waals surface area contributed by atoms with Crippen molar-refractivity contribution in [2.75, 3.05) is 18.0 Å². The van der Waals surface area contributed by atoms with Gasteiger partial charge >= 0.3 is 5.97 Å². The number of anilines is 1. The summed E-state index contributed by atoms with van der Waals surface area (Å²) in [5.74, 6) is -0.370. The molecule has 1 saturated heterocycles. The van der Waals surface area contributed by atoms with Crippen molar-refractivity contribution in [3.05, 3.63) is 22.8 Å². The first-order valence-corrected chi connectivity index (χ1v) is 5.71. The van der Waals surface area contributed by atoms with E-state index in [0.717, 1.165) is 25.9 Å². The highest BCUT2D eigenvalue weighted by Crippen LogP contribution is 2.22. The molecule has 1 aliphatic heterocycles. The number of rotatable bonds is 2. The second-order valence-corrected chi connectivity index (χ2v) is 4.26. The van der Waals surface area contributed by atoms with Gasteiger partial charge in [-0.05, 0) is 31.4 Å². The highest BCUT2D eigenvalue weighted by Gasteiger charge is 2.16. The van der Waals surface area contributed by atoms with Crippen LogP contribution in [0.15, 0.2) is 12.1 Å². The van der Waals surface area contributed by atoms with Crippen molar-refractivity contribution < 1.29 is 9.90 Å². The molecule has 0 aliphatic carbocycles. The number of nitrogens with zero attached hydrogens (tertiary/aromatic N) is 2. The minimum absolute atomic E-state index is 0.0651. The monoisotopic (exact) mass is 240 g/mol. The van der Waals surface area contributed by atoms with Crippen LogP contribution in [0.4, 0.5) is 5.82 Å². The summed E-state index contributed by atoms with van der Waals surface area (Å²) in [7, 11) is 0. The van der Waals surface area contributed by atoms with Crippen LogP contribution in [0.2, 0.25) is 5.02 Å². The quantitative estimate of drug-likeness (QED) is 0.863. The molecule has 0 unspecified atom stereocenters. The van der Waals surface area contributed by atoms with E-state index < -0.39 is 5.97 Å². The molecule has 1 aliphatic rings. The lowest BCUT2D eigenvalue weighted by molar-refractivity contribution is 0.0691. The first-order chi connectivity index (χ1) is 7.68. The molecule has 0 atom stereocenters. The number of carboxylic acids is 1. The van der Waals surface area contributed by atoms with Crippen molar-refractivity contribution in [3.63, 3.8) is 0 Å². The number of pyridine rings is 1. The minimum Gasteiger partial charge on any atom is -0.476 e. The number of halogens is 1. The maximum Gasteiger partial charge on any atom is 0.356 e. The van der Waals surface area contributed by atoms with Gasteiger partial charge in [0.25, 0.3) is 0 Å². The third-order valence-corrected chi connectivity index (χ3v) is 3.02. The van der Waals surface area contributed by atoms with E-state index in [1.807, 2.05) is 0 Å². The predicted molar refractivity (Wildman–Crippen MR) is 62.3 cm³/mol. The summed E-state index contributed by atoms with van der Waals surface area (Å²) in [5, 5.41) is 9.11. The highest BCUT2D eigenvalue weighted by molar-refractivity contribution is 6.33. The van der Waals surface area contributed by atoms with Crippen LogP contribution in [0, 0.1) is 0 Å². The van der Waals surface area contributed by atoms with Crippen LogP contribution in [-0.2, 0) is 0 Å². The van der Waals surface area contributed by atoms with Crippen LogP contribution in [-0.4, -0.2) is 29.1 Å². The molecule has 0 saturated carbocycles. The molecule has 16 heavy (non-hydrogen) atoms. The Morgan fingerprint density at radius 3 is 2.62 bits per heavy atom. The zero-order chi connectivity index (χ0) is 11.5. The fourth-order valence-electron chi connectivity index (χ4n) is 1.88. The van der Waals surface area contributed by atoms with Gasteiger partial charge in [-0.25, -0.2) is 9.78 Å². The van der Waals surface area contributed by atoms with E-state index in [1.54, 1.807) is 12.1 Å². The van der Waals surface area contributed by atoms with Gasteiger partial charge in [0.05, 0.1) is 5.02 Å². The molecule has 0 amide bonds. The molecule has 2 rings (SSSR count). The summed E-state index contributed by atoms with van der Waals surface area (Å²) in [6, 6.07) is 3.38. The third kappa shape index (κ3) is 2.27. The Morgan fingerprint density at radius 1 is 1.31 bits per heavy atom. The molecule has 5 heteroatoms.